The number of carboxylic acids is 1. The van der Waals surface area contributed by atoms with E-state index in [9.17, 15) is 19.5 Å². The van der Waals surface area contributed by atoms with Crippen molar-refractivity contribution < 1.29 is 19.5 Å². The maximum absolute atomic E-state index is 13.0. The van der Waals surface area contributed by atoms with E-state index < -0.39 is 17.9 Å². The molecule has 7 nitrogen and oxygen atoms in total. The molecule has 2 aromatic carbocycles. The highest BCUT2D eigenvalue weighted by Crippen LogP contribution is 2.26. The van der Waals surface area contributed by atoms with Gasteiger partial charge in [-0.2, -0.15) is 11.8 Å². The van der Waals surface area contributed by atoms with Gasteiger partial charge in [0.05, 0.1) is 6.42 Å². The second kappa shape index (κ2) is 11.8. The molecule has 0 aliphatic heterocycles. The molecule has 3 N–H and O–H groups in total. The van der Waals surface area contributed by atoms with Crippen LogP contribution in [0.2, 0.25) is 0 Å². The first-order chi connectivity index (χ1) is 16.0. The monoisotopic (exact) mass is 463 g/mol. The van der Waals surface area contributed by atoms with Crippen LogP contribution in [0.5, 0.6) is 0 Å². The lowest BCUT2D eigenvalue weighted by molar-refractivity contribution is -0.139. The molecule has 33 heavy (non-hydrogen) atoms. The maximum atomic E-state index is 13.0. The molecule has 1 heterocycles. The van der Waals surface area contributed by atoms with Gasteiger partial charge < -0.3 is 15.7 Å². The molecule has 0 bridgehead atoms. The van der Waals surface area contributed by atoms with Crippen molar-refractivity contribution in [2.75, 3.05) is 17.3 Å². The van der Waals surface area contributed by atoms with E-state index in [0.29, 0.717) is 29.1 Å². The van der Waals surface area contributed by atoms with Crippen LogP contribution in [0.15, 0.2) is 72.9 Å². The van der Waals surface area contributed by atoms with E-state index in [1.54, 1.807) is 42.6 Å². The zero-order valence-electron chi connectivity index (χ0n) is 18.2. The fraction of sp³-hybridized carbons (Fsp3) is 0.200. The number of thioether (sulfide) groups is 1. The van der Waals surface area contributed by atoms with Gasteiger partial charge in [-0.3, -0.25) is 9.59 Å². The number of carbonyl (C=O) groups excluding carboxylic acids is 2. The quantitative estimate of drug-likeness (QED) is 0.421. The zero-order valence-corrected chi connectivity index (χ0v) is 19.0. The van der Waals surface area contributed by atoms with Crippen LogP contribution in [0.3, 0.4) is 0 Å². The Bertz CT molecular complexity index is 1110. The lowest BCUT2D eigenvalue weighted by Gasteiger charge is -2.17. The number of nitrogens with one attached hydrogen (secondary N) is 2. The Morgan fingerprint density at radius 1 is 1.03 bits per heavy atom. The zero-order chi connectivity index (χ0) is 23.6. The van der Waals surface area contributed by atoms with Crippen molar-refractivity contribution in [3.63, 3.8) is 0 Å². The van der Waals surface area contributed by atoms with Gasteiger partial charge in [-0.1, -0.05) is 42.5 Å². The van der Waals surface area contributed by atoms with E-state index in [-0.39, 0.29) is 12.3 Å². The highest BCUT2D eigenvalue weighted by Gasteiger charge is 2.22. The van der Waals surface area contributed by atoms with Crippen LogP contribution < -0.4 is 10.6 Å². The Hall–Kier alpha value is -3.65. The number of aliphatic carboxylic acids is 1. The molecule has 0 aliphatic carbocycles. The number of carboxylic acid groups (broad SMARTS) is 1. The number of pyridine rings is 1. The summed E-state index contributed by atoms with van der Waals surface area (Å²) >= 11 is 1.52. The normalized spacial score (nSPS) is 11.4. The largest absolute Gasteiger partial charge is 0.480 e. The minimum atomic E-state index is -1.07. The highest BCUT2D eigenvalue weighted by molar-refractivity contribution is 7.98. The Kier molecular flexibility index (Phi) is 8.60. The number of amides is 2. The summed E-state index contributed by atoms with van der Waals surface area (Å²) in [5, 5.41) is 14.9. The van der Waals surface area contributed by atoms with Gasteiger partial charge in [0.25, 0.3) is 5.91 Å². The first-order valence-corrected chi connectivity index (χ1v) is 11.8. The number of carbonyl (C=O) groups is 3. The van der Waals surface area contributed by atoms with E-state index >= 15 is 0 Å². The summed E-state index contributed by atoms with van der Waals surface area (Å²) in [6.45, 7) is 0. The van der Waals surface area contributed by atoms with Crippen LogP contribution in [0.4, 0.5) is 5.82 Å². The fourth-order valence-corrected chi connectivity index (χ4v) is 3.77. The van der Waals surface area contributed by atoms with E-state index in [4.69, 9.17) is 0 Å². The maximum Gasteiger partial charge on any atom is 0.326 e. The first kappa shape index (κ1) is 24.0. The Morgan fingerprint density at radius 3 is 2.45 bits per heavy atom. The molecule has 8 heteroatoms. The molecule has 0 spiro atoms. The summed E-state index contributed by atoms with van der Waals surface area (Å²) in [6, 6.07) is 18.7. The molecule has 3 rings (SSSR count). The van der Waals surface area contributed by atoms with Crippen LogP contribution in [-0.2, 0) is 16.0 Å². The SMILES string of the molecule is CSCC[C@H](NC(=O)c1ccc(CC(=O)Nc2ccccn2)cc1-c1ccccc1)C(=O)O. The smallest absolute Gasteiger partial charge is 0.326 e. The lowest BCUT2D eigenvalue weighted by Crippen LogP contribution is -2.41. The molecular weight excluding hydrogens is 438 g/mol. The van der Waals surface area contributed by atoms with Crippen LogP contribution in [0.25, 0.3) is 11.1 Å². The van der Waals surface area contributed by atoms with Gasteiger partial charge in [0, 0.05) is 11.8 Å². The molecule has 0 saturated heterocycles. The third-order valence-corrected chi connectivity index (χ3v) is 5.57. The number of nitrogens with zero attached hydrogens (tertiary/aromatic N) is 1. The van der Waals surface area contributed by atoms with Crippen molar-refractivity contribution in [2.24, 2.45) is 0 Å². The molecule has 170 valence electrons. The van der Waals surface area contributed by atoms with E-state index in [1.165, 1.54) is 11.8 Å². The minimum Gasteiger partial charge on any atom is -0.480 e. The summed E-state index contributed by atoms with van der Waals surface area (Å²) in [4.78, 5) is 41.2. The van der Waals surface area contributed by atoms with Crippen molar-refractivity contribution in [1.82, 2.24) is 10.3 Å². The second-order valence-electron chi connectivity index (χ2n) is 7.33. The number of aromatic nitrogens is 1. The third-order valence-electron chi connectivity index (χ3n) is 4.92. The minimum absolute atomic E-state index is 0.101. The highest BCUT2D eigenvalue weighted by atomic mass is 32.2. The summed E-state index contributed by atoms with van der Waals surface area (Å²) in [5.74, 6) is -0.680. The summed E-state index contributed by atoms with van der Waals surface area (Å²) in [5.41, 5.74) is 2.50. The number of hydrogen-bond donors (Lipinski definition) is 3. The van der Waals surface area contributed by atoms with Crippen LogP contribution >= 0.6 is 11.8 Å². The van der Waals surface area contributed by atoms with Gasteiger partial charge in [0.1, 0.15) is 11.9 Å². The van der Waals surface area contributed by atoms with Crippen molar-refractivity contribution in [3.05, 3.63) is 84.1 Å². The molecular formula is C25H25N3O4S. The molecule has 3 aromatic rings. The molecule has 1 aromatic heterocycles. The standard InChI is InChI=1S/C25H25N3O4S/c1-33-14-12-21(25(31)32)27-24(30)19-11-10-17(15-20(19)18-7-3-2-4-8-18)16-23(29)28-22-9-5-6-13-26-22/h2-11,13,15,21H,12,14,16H2,1H3,(H,27,30)(H,31,32)(H,26,28,29)/t21-/m0/s1. The number of benzene rings is 2. The van der Waals surface area contributed by atoms with E-state index in [1.807, 2.05) is 36.6 Å². The number of hydrogen-bond acceptors (Lipinski definition) is 5. The molecule has 2 amide bonds. The predicted octanol–water partition coefficient (Wildman–Crippen LogP) is 3.87. The molecule has 0 radical (unpaired) electrons. The molecule has 0 unspecified atom stereocenters. The topological polar surface area (TPSA) is 108 Å². The van der Waals surface area contributed by atoms with Crippen LogP contribution in [-0.4, -0.2) is 45.9 Å². The third kappa shape index (κ3) is 6.92. The van der Waals surface area contributed by atoms with Crippen molar-refractivity contribution in [3.8, 4) is 11.1 Å². The van der Waals surface area contributed by atoms with Crippen LogP contribution in [0.1, 0.15) is 22.3 Å². The van der Waals surface area contributed by atoms with Gasteiger partial charge >= 0.3 is 5.97 Å². The summed E-state index contributed by atoms with van der Waals surface area (Å²) < 4.78 is 0. The Balaban J connectivity index is 1.85. The van der Waals surface area contributed by atoms with Gasteiger partial charge in [-0.15, -0.1) is 0 Å². The van der Waals surface area contributed by atoms with Gasteiger partial charge in [-0.25, -0.2) is 9.78 Å². The fourth-order valence-electron chi connectivity index (χ4n) is 3.29. The van der Waals surface area contributed by atoms with Gasteiger partial charge in [-0.05, 0) is 59.4 Å². The molecule has 0 saturated carbocycles. The van der Waals surface area contributed by atoms with Crippen molar-refractivity contribution >= 4 is 35.4 Å². The van der Waals surface area contributed by atoms with E-state index in [2.05, 4.69) is 15.6 Å². The van der Waals surface area contributed by atoms with Crippen LogP contribution in [0, 0.1) is 0 Å². The van der Waals surface area contributed by atoms with Gasteiger partial charge in [0.15, 0.2) is 0 Å². The molecule has 0 fully saturated rings. The molecule has 1 atom stereocenters. The predicted molar refractivity (Wildman–Crippen MR) is 130 cm³/mol. The van der Waals surface area contributed by atoms with Crippen molar-refractivity contribution in [1.29, 1.82) is 0 Å². The van der Waals surface area contributed by atoms with Gasteiger partial charge in [0.2, 0.25) is 5.91 Å². The molecule has 0 aliphatic rings. The Morgan fingerprint density at radius 2 is 1.79 bits per heavy atom. The lowest BCUT2D eigenvalue weighted by atomic mass is 9.95. The summed E-state index contributed by atoms with van der Waals surface area (Å²) in [7, 11) is 0. The first-order valence-electron chi connectivity index (χ1n) is 10.4. The summed E-state index contributed by atoms with van der Waals surface area (Å²) in [6.07, 6.45) is 3.91. The van der Waals surface area contributed by atoms with Crippen molar-refractivity contribution in [2.45, 2.75) is 18.9 Å². The Labute approximate surface area is 196 Å². The van der Waals surface area contributed by atoms with E-state index in [0.717, 1.165) is 11.1 Å². The average molecular weight is 464 g/mol. The average Bonchev–Trinajstić information content (AvgIpc) is 2.82. The second-order valence-corrected chi connectivity index (χ2v) is 8.32. The number of anilines is 1. The number of rotatable bonds is 10.